The Kier molecular flexibility index (Phi) is 8.79. The lowest BCUT2D eigenvalue weighted by Crippen LogP contribution is -2.56. The molecular weight excluding hydrogens is 307 g/mol. The van der Waals surface area contributed by atoms with E-state index < -0.39 is 17.4 Å². The Morgan fingerprint density at radius 2 is 1.79 bits per heavy atom. The van der Waals surface area contributed by atoms with Crippen molar-refractivity contribution in [2.45, 2.75) is 53.6 Å². The smallest absolute Gasteiger partial charge is 0.330 e. The Labute approximate surface area is 146 Å². The molecule has 7 heteroatoms. The molecule has 0 fully saturated rings. The number of carbonyl (C=O) groups excluding carboxylic acids is 3. The van der Waals surface area contributed by atoms with Crippen molar-refractivity contribution in [2.75, 3.05) is 13.7 Å². The summed E-state index contributed by atoms with van der Waals surface area (Å²) in [6, 6.07) is -0.919. The van der Waals surface area contributed by atoms with Crippen LogP contribution in [0, 0.1) is 11.3 Å². The van der Waals surface area contributed by atoms with Gasteiger partial charge in [-0.25, -0.2) is 4.79 Å². The van der Waals surface area contributed by atoms with E-state index >= 15 is 0 Å². The van der Waals surface area contributed by atoms with Gasteiger partial charge >= 0.3 is 5.97 Å². The molecule has 0 spiro atoms. The maximum absolute atomic E-state index is 12.9. The molecule has 0 unspecified atom stereocenters. The molecule has 2 amide bonds. The highest BCUT2D eigenvalue weighted by Gasteiger charge is 2.36. The van der Waals surface area contributed by atoms with Gasteiger partial charge in [-0.1, -0.05) is 40.7 Å². The third kappa shape index (κ3) is 7.19. The first kappa shape index (κ1) is 22.2. The van der Waals surface area contributed by atoms with Gasteiger partial charge in [0.15, 0.2) is 5.81 Å². The Bertz CT molecular complexity index is 483. The number of likely N-dealkylation sites (N-methyl/N-ethyl adjacent to an activating group) is 1. The van der Waals surface area contributed by atoms with Gasteiger partial charge in [-0.05, 0) is 18.3 Å². The Balaban J connectivity index is 5.38. The minimum atomic E-state index is -0.641. The summed E-state index contributed by atoms with van der Waals surface area (Å²) in [5.74, 6) is -0.773. The van der Waals surface area contributed by atoms with Crippen molar-refractivity contribution < 1.29 is 19.1 Å². The lowest BCUT2D eigenvalue weighted by molar-refractivity contribution is -0.138. The van der Waals surface area contributed by atoms with Crippen molar-refractivity contribution in [2.24, 2.45) is 11.3 Å². The molecule has 0 aliphatic carbocycles. The van der Waals surface area contributed by atoms with Gasteiger partial charge < -0.3 is 15.0 Å². The Morgan fingerprint density at radius 1 is 1.25 bits per heavy atom. The van der Waals surface area contributed by atoms with Gasteiger partial charge in [0.25, 0.3) is 0 Å². The maximum atomic E-state index is 12.9. The van der Waals surface area contributed by atoms with Crippen molar-refractivity contribution in [1.82, 2.24) is 10.2 Å². The minimum absolute atomic E-state index is 0.0996. The molecule has 0 saturated carbocycles. The van der Waals surface area contributed by atoms with Crippen LogP contribution in [0.3, 0.4) is 0 Å². The summed E-state index contributed by atoms with van der Waals surface area (Å²) >= 11 is 0. The third-order valence-corrected chi connectivity index (χ3v) is 3.65. The van der Waals surface area contributed by atoms with Gasteiger partial charge in [-0.15, -0.1) is 0 Å². The second kappa shape index (κ2) is 9.50. The van der Waals surface area contributed by atoms with E-state index in [0.717, 1.165) is 0 Å². The normalized spacial score (nSPS) is 14.3. The fraction of sp³-hybridized carbons (Fsp3) is 0.706. The molecule has 0 aliphatic heterocycles. The molecule has 136 valence electrons. The summed E-state index contributed by atoms with van der Waals surface area (Å²) in [6.07, 6.45) is 3.02. The lowest BCUT2D eigenvalue weighted by Gasteiger charge is -2.37. The van der Waals surface area contributed by atoms with E-state index in [0.29, 0.717) is 6.61 Å². The molecule has 0 saturated heterocycles. The van der Waals surface area contributed by atoms with Crippen molar-refractivity contribution in [1.29, 1.82) is 0 Å². The number of hydrogen-bond donors (Lipinski definition) is 1. The number of esters is 1. The molecule has 2 atom stereocenters. The topological polar surface area (TPSA) is 75.7 Å². The summed E-state index contributed by atoms with van der Waals surface area (Å²) in [5.41, 5.74) is -0.427. The number of amides is 2. The fourth-order valence-electron chi connectivity index (χ4n) is 2.37. The molecule has 0 rings (SSSR count). The molecule has 0 aromatic heterocycles. The van der Waals surface area contributed by atoms with Crippen LogP contribution < -0.4 is 5.32 Å². The van der Waals surface area contributed by atoms with Crippen molar-refractivity contribution in [3.63, 3.8) is 0 Å². The number of nitrogens with one attached hydrogen (secondary N) is 1. The predicted molar refractivity (Wildman–Crippen MR) is 97.5 cm³/mol. The predicted octanol–water partition coefficient (Wildman–Crippen LogP) is 1.35. The van der Waals surface area contributed by atoms with Crippen LogP contribution in [0.1, 0.15) is 41.5 Å². The highest BCUT2D eigenvalue weighted by Crippen LogP contribution is 2.23. The van der Waals surface area contributed by atoms with Gasteiger partial charge in [-0.3, -0.25) is 9.59 Å². The van der Waals surface area contributed by atoms with E-state index in [1.807, 2.05) is 34.6 Å². The summed E-state index contributed by atoms with van der Waals surface area (Å²) < 4.78 is 4.88. The lowest BCUT2D eigenvalue weighted by atomic mass is 9.84. The molecule has 0 heterocycles. The van der Waals surface area contributed by atoms with Gasteiger partial charge in [0.2, 0.25) is 13.8 Å². The van der Waals surface area contributed by atoms with E-state index in [2.05, 4.69) is 5.32 Å². The van der Waals surface area contributed by atoms with Crippen LogP contribution in [0.4, 0.5) is 4.79 Å². The SMILES string of the molecule is BC(=O)N[C@H](C(=O)N(C)[C@H](/C=C/C(=O)OCC)C(C)C)C(C)(C)C. The fourth-order valence-corrected chi connectivity index (χ4v) is 2.37. The number of carbonyl (C=O) groups is 3. The monoisotopic (exact) mass is 338 g/mol. The van der Waals surface area contributed by atoms with Crippen LogP contribution in [0.25, 0.3) is 0 Å². The Morgan fingerprint density at radius 3 is 2.17 bits per heavy atom. The third-order valence-electron chi connectivity index (χ3n) is 3.65. The number of rotatable bonds is 7. The molecule has 0 radical (unpaired) electrons. The van der Waals surface area contributed by atoms with Crippen molar-refractivity contribution in [3.8, 4) is 0 Å². The molecule has 0 aromatic carbocycles. The van der Waals surface area contributed by atoms with Gasteiger partial charge in [-0.2, -0.15) is 0 Å². The molecular formula is C17H31BN2O4. The first-order valence-electron chi connectivity index (χ1n) is 8.30. The highest BCUT2D eigenvalue weighted by molar-refractivity contribution is 6.57. The van der Waals surface area contributed by atoms with E-state index in [1.165, 1.54) is 13.9 Å². The highest BCUT2D eigenvalue weighted by atomic mass is 16.5. The largest absolute Gasteiger partial charge is 0.463 e. The van der Waals surface area contributed by atoms with Crippen molar-refractivity contribution >= 4 is 25.5 Å². The molecule has 0 aromatic rings. The van der Waals surface area contributed by atoms with Gasteiger partial charge in [0.05, 0.1) is 12.6 Å². The van der Waals surface area contributed by atoms with Crippen LogP contribution in [-0.2, 0) is 14.3 Å². The quantitative estimate of drug-likeness (QED) is 0.432. The van der Waals surface area contributed by atoms with Gasteiger partial charge in [0, 0.05) is 13.1 Å². The first-order valence-corrected chi connectivity index (χ1v) is 8.30. The summed E-state index contributed by atoms with van der Waals surface area (Å²) in [6.45, 7) is 11.7. The van der Waals surface area contributed by atoms with E-state index in [4.69, 9.17) is 4.74 Å². The second-order valence-electron chi connectivity index (χ2n) is 7.29. The van der Waals surface area contributed by atoms with E-state index in [9.17, 15) is 14.4 Å². The maximum Gasteiger partial charge on any atom is 0.330 e. The zero-order valence-corrected chi connectivity index (χ0v) is 16.2. The molecule has 1 N–H and O–H groups in total. The van der Waals surface area contributed by atoms with Crippen LogP contribution in [-0.4, -0.2) is 56.2 Å². The summed E-state index contributed by atoms with van der Waals surface area (Å²) in [7, 11) is 3.08. The minimum Gasteiger partial charge on any atom is -0.463 e. The first-order chi connectivity index (χ1) is 10.9. The average Bonchev–Trinajstić information content (AvgIpc) is 2.42. The van der Waals surface area contributed by atoms with E-state index in [1.54, 1.807) is 24.9 Å². The van der Waals surface area contributed by atoms with Crippen LogP contribution >= 0.6 is 0 Å². The van der Waals surface area contributed by atoms with Crippen LogP contribution in [0.15, 0.2) is 12.2 Å². The van der Waals surface area contributed by atoms with Crippen LogP contribution in [0.2, 0.25) is 0 Å². The molecule has 6 nitrogen and oxygen atoms in total. The zero-order chi connectivity index (χ0) is 19.1. The van der Waals surface area contributed by atoms with Crippen LogP contribution in [0.5, 0.6) is 0 Å². The summed E-state index contributed by atoms with van der Waals surface area (Å²) in [5, 5.41) is 2.73. The zero-order valence-electron chi connectivity index (χ0n) is 16.2. The standard InChI is InChI=1S/C17H31BN2O4/c1-8-24-13(21)10-9-12(11(2)3)20(7)15(22)14(17(4,5)6)19-16(18)23/h9-12,14H,8,18H2,1-7H3,(H,19,23)/b10-9+/t12-,14-/m1/s1. The number of hydrogen-bond acceptors (Lipinski definition) is 4. The number of nitrogens with zero attached hydrogens (tertiary/aromatic N) is 1. The molecule has 0 bridgehead atoms. The van der Waals surface area contributed by atoms with Crippen molar-refractivity contribution in [3.05, 3.63) is 12.2 Å². The summed E-state index contributed by atoms with van der Waals surface area (Å²) in [4.78, 5) is 37.5. The number of ether oxygens (including phenoxy) is 1. The second-order valence-corrected chi connectivity index (χ2v) is 7.29. The van der Waals surface area contributed by atoms with E-state index in [-0.39, 0.29) is 23.7 Å². The van der Waals surface area contributed by atoms with Gasteiger partial charge in [0.1, 0.15) is 6.04 Å². The molecule has 24 heavy (non-hydrogen) atoms. The molecule has 0 aliphatic rings. The average molecular weight is 338 g/mol. The Hall–Kier alpha value is -1.79.